The molecule has 0 amide bonds. The van der Waals surface area contributed by atoms with E-state index < -0.39 is 30.1 Å². The van der Waals surface area contributed by atoms with Crippen LogP contribution in [0.4, 0.5) is 0 Å². The fraction of sp³-hybridized carbons (Fsp3) is 0.500. The number of carboxylic acids is 1. The molecule has 1 N–H and O–H groups in total. The van der Waals surface area contributed by atoms with E-state index in [1.807, 2.05) is 45.9 Å². The molecule has 4 nitrogen and oxygen atoms in total. The van der Waals surface area contributed by atoms with Gasteiger partial charge in [-0.15, -0.1) is 0 Å². The van der Waals surface area contributed by atoms with E-state index in [0.29, 0.717) is 5.56 Å². The lowest BCUT2D eigenvalue weighted by molar-refractivity contribution is -0.137. The van der Waals surface area contributed by atoms with Gasteiger partial charge < -0.3 is 14.4 Å². The van der Waals surface area contributed by atoms with E-state index in [1.54, 1.807) is 12.1 Å². The molecule has 1 atom stereocenters. The molecule has 2 rings (SSSR count). The summed E-state index contributed by atoms with van der Waals surface area (Å²) in [5.41, 5.74) is -0.367. The van der Waals surface area contributed by atoms with Gasteiger partial charge in [0.05, 0.1) is 11.2 Å². The van der Waals surface area contributed by atoms with Crippen LogP contribution in [0.1, 0.15) is 39.1 Å². The molecular weight excluding hydrogens is 243 g/mol. The second-order valence-corrected chi connectivity index (χ2v) is 5.85. The minimum absolute atomic E-state index is 0.528. The highest BCUT2D eigenvalue weighted by molar-refractivity contribution is 6.52. The van der Waals surface area contributed by atoms with Crippen LogP contribution in [0.25, 0.3) is 0 Å². The molecule has 0 saturated carbocycles. The van der Waals surface area contributed by atoms with Crippen LogP contribution in [-0.2, 0) is 14.1 Å². The van der Waals surface area contributed by atoms with Crippen LogP contribution >= 0.6 is 0 Å². The van der Waals surface area contributed by atoms with Crippen molar-refractivity contribution in [1.82, 2.24) is 0 Å². The standard InChI is InChI=1S/C14H19BO4/c1-13(2)14(3,4)19-15(18-13)11(12(16)17)10-8-6-5-7-9-10/h5-9,11H,1-4H3,(H,16,17)/t11-/m0/s1. The van der Waals surface area contributed by atoms with Crippen molar-refractivity contribution in [3.05, 3.63) is 35.9 Å². The van der Waals surface area contributed by atoms with Crippen LogP contribution in [0.5, 0.6) is 0 Å². The Morgan fingerprint density at radius 3 is 2.00 bits per heavy atom. The molecule has 1 aliphatic rings. The van der Waals surface area contributed by atoms with Gasteiger partial charge in [-0.25, -0.2) is 0 Å². The number of hydrogen-bond acceptors (Lipinski definition) is 3. The van der Waals surface area contributed by atoms with Crippen LogP contribution < -0.4 is 0 Å². The predicted molar refractivity (Wildman–Crippen MR) is 72.9 cm³/mol. The monoisotopic (exact) mass is 262 g/mol. The number of hydrogen-bond donors (Lipinski definition) is 1. The highest BCUT2D eigenvalue weighted by atomic mass is 16.7. The van der Waals surface area contributed by atoms with Gasteiger partial charge in [0.15, 0.2) is 0 Å². The Bertz CT molecular complexity index is 454. The Morgan fingerprint density at radius 2 is 1.58 bits per heavy atom. The Kier molecular flexibility index (Phi) is 3.45. The average molecular weight is 262 g/mol. The average Bonchev–Trinajstić information content (AvgIpc) is 2.48. The molecule has 1 aliphatic heterocycles. The molecule has 19 heavy (non-hydrogen) atoms. The van der Waals surface area contributed by atoms with Crippen molar-refractivity contribution in [2.45, 2.75) is 44.7 Å². The molecule has 0 unspecified atom stereocenters. The Labute approximate surface area is 113 Å². The van der Waals surface area contributed by atoms with Gasteiger partial charge in [-0.1, -0.05) is 30.3 Å². The molecule has 1 aromatic rings. The summed E-state index contributed by atoms with van der Waals surface area (Å²) >= 11 is 0. The van der Waals surface area contributed by atoms with Crippen LogP contribution in [0.3, 0.4) is 0 Å². The SMILES string of the molecule is CC1(C)OB([C@H](C(=O)O)c2ccccc2)OC1(C)C. The molecular formula is C14H19BO4. The normalized spacial score (nSPS) is 22.2. The molecule has 0 aliphatic carbocycles. The van der Waals surface area contributed by atoms with Crippen molar-refractivity contribution < 1.29 is 19.2 Å². The summed E-state index contributed by atoms with van der Waals surface area (Å²) in [5, 5.41) is 9.47. The zero-order valence-electron chi connectivity index (χ0n) is 11.7. The summed E-state index contributed by atoms with van der Waals surface area (Å²) in [5.74, 6) is -1.76. The van der Waals surface area contributed by atoms with Crippen molar-refractivity contribution in [1.29, 1.82) is 0 Å². The maximum Gasteiger partial charge on any atom is 0.477 e. The van der Waals surface area contributed by atoms with Gasteiger partial charge in [-0.2, -0.15) is 0 Å². The van der Waals surface area contributed by atoms with E-state index in [9.17, 15) is 9.90 Å². The maximum absolute atomic E-state index is 11.5. The van der Waals surface area contributed by atoms with Gasteiger partial charge in [0.1, 0.15) is 5.82 Å². The second kappa shape index (κ2) is 4.65. The van der Waals surface area contributed by atoms with Crippen LogP contribution in [0.2, 0.25) is 0 Å². The van der Waals surface area contributed by atoms with Crippen molar-refractivity contribution in [2.75, 3.05) is 0 Å². The Balaban J connectivity index is 2.31. The Hall–Kier alpha value is -1.33. The fourth-order valence-electron chi connectivity index (χ4n) is 2.10. The molecule has 0 aromatic heterocycles. The number of rotatable bonds is 3. The molecule has 0 bridgehead atoms. The number of aliphatic carboxylic acids is 1. The number of carboxylic acid groups (broad SMARTS) is 1. The van der Waals surface area contributed by atoms with Gasteiger partial charge in [0, 0.05) is 0 Å². The summed E-state index contributed by atoms with van der Waals surface area (Å²) in [7, 11) is -0.773. The zero-order valence-corrected chi connectivity index (χ0v) is 11.7. The predicted octanol–water partition coefficient (Wildman–Crippen LogP) is 2.49. The summed E-state index contributed by atoms with van der Waals surface area (Å²) < 4.78 is 11.7. The topological polar surface area (TPSA) is 55.8 Å². The van der Waals surface area contributed by atoms with Crippen molar-refractivity contribution in [3.63, 3.8) is 0 Å². The first-order valence-corrected chi connectivity index (χ1v) is 6.38. The van der Waals surface area contributed by atoms with Crippen molar-refractivity contribution in [3.8, 4) is 0 Å². The molecule has 1 aromatic carbocycles. The minimum atomic E-state index is -0.940. The fourth-order valence-corrected chi connectivity index (χ4v) is 2.10. The van der Waals surface area contributed by atoms with Crippen molar-refractivity contribution >= 4 is 13.1 Å². The van der Waals surface area contributed by atoms with Crippen LogP contribution in [-0.4, -0.2) is 29.4 Å². The largest absolute Gasteiger partial charge is 0.481 e. The second-order valence-electron chi connectivity index (χ2n) is 5.85. The number of carbonyl (C=O) groups is 1. The highest BCUT2D eigenvalue weighted by Crippen LogP contribution is 2.40. The van der Waals surface area contributed by atoms with Gasteiger partial charge in [-0.05, 0) is 33.3 Å². The Morgan fingerprint density at radius 1 is 1.11 bits per heavy atom. The molecule has 102 valence electrons. The molecule has 0 spiro atoms. The lowest BCUT2D eigenvalue weighted by atomic mass is 9.68. The third kappa shape index (κ3) is 2.53. The minimum Gasteiger partial charge on any atom is -0.481 e. The van der Waals surface area contributed by atoms with E-state index in [0.717, 1.165) is 0 Å². The first-order chi connectivity index (χ1) is 8.74. The van der Waals surface area contributed by atoms with Gasteiger partial charge in [0.25, 0.3) is 0 Å². The smallest absolute Gasteiger partial charge is 0.477 e. The van der Waals surface area contributed by atoms with E-state index in [2.05, 4.69) is 0 Å². The lowest BCUT2D eigenvalue weighted by Crippen LogP contribution is -2.41. The third-order valence-corrected chi connectivity index (χ3v) is 3.97. The van der Waals surface area contributed by atoms with Gasteiger partial charge >= 0.3 is 13.1 Å². The summed E-state index contributed by atoms with van der Waals surface area (Å²) in [6.45, 7) is 7.65. The van der Waals surface area contributed by atoms with Crippen molar-refractivity contribution in [2.24, 2.45) is 0 Å². The number of benzene rings is 1. The van der Waals surface area contributed by atoms with Gasteiger partial charge in [-0.3, -0.25) is 4.79 Å². The molecule has 1 heterocycles. The zero-order chi connectivity index (χ0) is 14.3. The van der Waals surface area contributed by atoms with Gasteiger partial charge in [0.2, 0.25) is 0 Å². The quantitative estimate of drug-likeness (QED) is 0.850. The van der Waals surface area contributed by atoms with E-state index in [-0.39, 0.29) is 0 Å². The summed E-state index contributed by atoms with van der Waals surface area (Å²) in [4.78, 5) is 11.5. The lowest BCUT2D eigenvalue weighted by Gasteiger charge is -2.32. The van der Waals surface area contributed by atoms with E-state index >= 15 is 0 Å². The first kappa shape index (κ1) is 14.1. The molecule has 5 heteroatoms. The molecule has 1 saturated heterocycles. The maximum atomic E-state index is 11.5. The summed E-state index contributed by atoms with van der Waals surface area (Å²) in [6, 6.07) is 9.05. The third-order valence-electron chi connectivity index (χ3n) is 3.97. The van der Waals surface area contributed by atoms with E-state index in [4.69, 9.17) is 9.31 Å². The molecule has 0 radical (unpaired) electrons. The first-order valence-electron chi connectivity index (χ1n) is 6.38. The summed E-state index contributed by atoms with van der Waals surface area (Å²) in [6.07, 6.45) is 0. The van der Waals surface area contributed by atoms with Crippen LogP contribution in [0, 0.1) is 0 Å². The highest BCUT2D eigenvalue weighted by Gasteiger charge is 2.55. The van der Waals surface area contributed by atoms with E-state index in [1.165, 1.54) is 0 Å². The molecule has 1 fully saturated rings. The van der Waals surface area contributed by atoms with Crippen LogP contribution in [0.15, 0.2) is 30.3 Å².